The van der Waals surface area contributed by atoms with E-state index in [2.05, 4.69) is 10.3 Å². The fourth-order valence-electron chi connectivity index (χ4n) is 1.30. The molecular formula is C12H15F3N2O2SSi. The second-order valence-electron chi connectivity index (χ2n) is 5.51. The number of thiocarbonyl (C=S) groups is 1. The summed E-state index contributed by atoms with van der Waals surface area (Å²) in [7, 11) is -1.54. The minimum atomic E-state index is -4.64. The van der Waals surface area contributed by atoms with Crippen molar-refractivity contribution in [3.63, 3.8) is 0 Å². The summed E-state index contributed by atoms with van der Waals surface area (Å²) in [6.07, 6.45) is -2.46. The minimum absolute atomic E-state index is 0.237. The highest BCUT2D eigenvalue weighted by Crippen LogP contribution is 2.31. The van der Waals surface area contributed by atoms with E-state index >= 15 is 0 Å². The lowest BCUT2D eigenvalue weighted by Crippen LogP contribution is -2.37. The zero-order valence-corrected chi connectivity index (χ0v) is 13.6. The van der Waals surface area contributed by atoms with Gasteiger partial charge in [0.15, 0.2) is 0 Å². The van der Waals surface area contributed by atoms with Crippen molar-refractivity contribution in [1.82, 2.24) is 10.3 Å². The molecular weight excluding hydrogens is 321 g/mol. The van der Waals surface area contributed by atoms with Crippen LogP contribution >= 0.6 is 12.2 Å². The minimum Gasteiger partial charge on any atom is -0.475 e. The van der Waals surface area contributed by atoms with Gasteiger partial charge in [-0.05, 0) is 18.3 Å². The summed E-state index contributed by atoms with van der Waals surface area (Å²) in [5.74, 6) is -0.990. The number of carbonyl (C=O) groups is 1. The van der Waals surface area contributed by atoms with Gasteiger partial charge in [0.2, 0.25) is 0 Å². The normalized spacial score (nSPS) is 11.9. The molecule has 21 heavy (non-hydrogen) atoms. The van der Waals surface area contributed by atoms with E-state index in [0.29, 0.717) is 6.23 Å². The first-order chi connectivity index (χ1) is 9.50. The Hall–Kier alpha value is -1.48. The Morgan fingerprint density at radius 1 is 1.43 bits per heavy atom. The Kier molecular flexibility index (Phi) is 5.46. The second-order valence-corrected chi connectivity index (χ2v) is 11.3. The summed E-state index contributed by atoms with van der Waals surface area (Å²) in [5, 5.41) is 1.90. The number of pyridine rings is 1. The van der Waals surface area contributed by atoms with E-state index in [0.717, 1.165) is 18.5 Å². The van der Waals surface area contributed by atoms with Crippen molar-refractivity contribution in [2.75, 3.05) is 6.23 Å². The van der Waals surface area contributed by atoms with E-state index in [1.54, 1.807) is 0 Å². The third-order valence-corrected chi connectivity index (χ3v) is 3.45. The van der Waals surface area contributed by atoms with Crippen LogP contribution in [-0.4, -0.2) is 30.4 Å². The molecule has 1 aromatic rings. The molecule has 0 aliphatic heterocycles. The molecule has 0 spiro atoms. The van der Waals surface area contributed by atoms with Crippen molar-refractivity contribution in [1.29, 1.82) is 0 Å². The molecule has 1 N–H and O–H groups in total. The Labute approximate surface area is 126 Å². The van der Waals surface area contributed by atoms with Crippen LogP contribution in [0.3, 0.4) is 0 Å². The fraction of sp³-hybridized carbons (Fsp3) is 0.417. The first-order valence-electron chi connectivity index (χ1n) is 6.00. The van der Waals surface area contributed by atoms with E-state index in [1.165, 1.54) is 0 Å². The highest BCUT2D eigenvalue weighted by atomic mass is 32.1. The summed E-state index contributed by atoms with van der Waals surface area (Å²) in [5.41, 5.74) is -1.66. The molecule has 1 heterocycles. The summed E-state index contributed by atoms with van der Waals surface area (Å²) in [6, 6.07) is 0.737. The average Bonchev–Trinajstić information content (AvgIpc) is 2.34. The lowest BCUT2D eigenvalue weighted by Gasteiger charge is -2.17. The average molecular weight is 336 g/mol. The van der Waals surface area contributed by atoms with E-state index < -0.39 is 31.3 Å². The molecule has 4 nitrogen and oxygen atoms in total. The third-order valence-electron chi connectivity index (χ3n) is 2.22. The van der Waals surface area contributed by atoms with Crippen LogP contribution in [0.15, 0.2) is 18.5 Å². The number of hydrogen-bond acceptors (Lipinski definition) is 4. The van der Waals surface area contributed by atoms with Gasteiger partial charge in [0.1, 0.15) is 0 Å². The van der Waals surface area contributed by atoms with Crippen LogP contribution in [0.1, 0.15) is 15.9 Å². The SMILES string of the molecule is C[Si](C)(C)COC(=S)NC(=O)c1cnccc1C(F)(F)F. The summed E-state index contributed by atoms with van der Waals surface area (Å²) >= 11 is 4.80. The Bertz CT molecular complexity index is 544. The van der Waals surface area contributed by atoms with Gasteiger partial charge < -0.3 is 4.74 Å². The number of amides is 1. The molecule has 0 bridgehead atoms. The number of alkyl halides is 3. The predicted octanol–water partition coefficient (Wildman–Crippen LogP) is 3.01. The highest BCUT2D eigenvalue weighted by Gasteiger charge is 2.35. The van der Waals surface area contributed by atoms with E-state index in [4.69, 9.17) is 17.0 Å². The fourth-order valence-corrected chi connectivity index (χ4v) is 2.13. The van der Waals surface area contributed by atoms with E-state index in [-0.39, 0.29) is 5.17 Å². The Morgan fingerprint density at radius 3 is 2.57 bits per heavy atom. The highest BCUT2D eigenvalue weighted by molar-refractivity contribution is 7.80. The number of nitrogens with one attached hydrogen (secondary N) is 1. The molecule has 9 heteroatoms. The van der Waals surface area contributed by atoms with Gasteiger partial charge in [0.25, 0.3) is 11.1 Å². The first-order valence-corrected chi connectivity index (χ1v) is 10.1. The number of aromatic nitrogens is 1. The number of halogens is 3. The number of ether oxygens (including phenoxy) is 1. The molecule has 1 rings (SSSR count). The number of nitrogens with zero attached hydrogens (tertiary/aromatic N) is 1. The van der Waals surface area contributed by atoms with Gasteiger partial charge in [-0.3, -0.25) is 15.1 Å². The summed E-state index contributed by atoms with van der Waals surface area (Å²) < 4.78 is 43.5. The molecule has 0 unspecified atom stereocenters. The zero-order chi connectivity index (χ0) is 16.3. The van der Waals surface area contributed by atoms with Crippen molar-refractivity contribution >= 4 is 31.4 Å². The van der Waals surface area contributed by atoms with Gasteiger partial charge in [0, 0.05) is 12.4 Å². The number of carbonyl (C=O) groups excluding carboxylic acids is 1. The van der Waals surface area contributed by atoms with Crippen LogP contribution in [0.25, 0.3) is 0 Å². The molecule has 0 saturated heterocycles. The van der Waals surface area contributed by atoms with Gasteiger partial charge in [-0.25, -0.2) is 0 Å². The molecule has 1 aromatic heterocycles. The third kappa shape index (κ3) is 5.80. The lowest BCUT2D eigenvalue weighted by molar-refractivity contribution is -0.138. The first kappa shape index (κ1) is 17.6. The maximum Gasteiger partial charge on any atom is 0.417 e. The van der Waals surface area contributed by atoms with Crippen LogP contribution in [0.2, 0.25) is 19.6 Å². The Morgan fingerprint density at radius 2 is 2.05 bits per heavy atom. The van der Waals surface area contributed by atoms with Gasteiger partial charge in [-0.1, -0.05) is 19.6 Å². The molecule has 0 saturated carbocycles. The lowest BCUT2D eigenvalue weighted by atomic mass is 10.1. The van der Waals surface area contributed by atoms with Gasteiger partial charge in [-0.15, -0.1) is 0 Å². The van der Waals surface area contributed by atoms with E-state index in [1.807, 2.05) is 19.6 Å². The quantitative estimate of drug-likeness (QED) is 0.681. The van der Waals surface area contributed by atoms with Gasteiger partial charge in [0.05, 0.1) is 25.4 Å². The molecule has 1 amide bonds. The van der Waals surface area contributed by atoms with Crippen molar-refractivity contribution < 1.29 is 22.7 Å². The van der Waals surface area contributed by atoms with Crippen molar-refractivity contribution in [3.05, 3.63) is 29.6 Å². The van der Waals surface area contributed by atoms with Crippen molar-refractivity contribution in [2.45, 2.75) is 25.8 Å². The molecule has 0 aliphatic rings. The van der Waals surface area contributed by atoms with Crippen LogP contribution in [0, 0.1) is 0 Å². The molecule has 0 radical (unpaired) electrons. The maximum atomic E-state index is 12.8. The van der Waals surface area contributed by atoms with Crippen LogP contribution in [-0.2, 0) is 10.9 Å². The smallest absolute Gasteiger partial charge is 0.417 e. The van der Waals surface area contributed by atoms with Crippen LogP contribution in [0.4, 0.5) is 13.2 Å². The van der Waals surface area contributed by atoms with E-state index in [9.17, 15) is 18.0 Å². The molecule has 0 fully saturated rings. The summed E-state index contributed by atoms with van der Waals surface area (Å²) in [6.45, 7) is 6.08. The standard InChI is InChI=1S/C12H15F3N2O2SSi/c1-21(2,3)7-19-11(20)17-10(18)8-6-16-5-4-9(8)12(13,14)15/h4-6H,7H2,1-3H3,(H,17,18,20). The van der Waals surface area contributed by atoms with Gasteiger partial charge >= 0.3 is 6.18 Å². The molecule has 0 aromatic carbocycles. The predicted molar refractivity (Wildman–Crippen MR) is 78.6 cm³/mol. The van der Waals surface area contributed by atoms with Gasteiger partial charge in [-0.2, -0.15) is 13.2 Å². The maximum absolute atomic E-state index is 12.8. The van der Waals surface area contributed by atoms with Crippen LogP contribution < -0.4 is 5.32 Å². The molecule has 116 valence electrons. The molecule has 0 atom stereocenters. The monoisotopic (exact) mass is 336 g/mol. The largest absolute Gasteiger partial charge is 0.475 e. The summed E-state index contributed by atoms with van der Waals surface area (Å²) in [4.78, 5) is 15.4. The molecule has 0 aliphatic carbocycles. The van der Waals surface area contributed by atoms with Crippen molar-refractivity contribution in [2.24, 2.45) is 0 Å². The van der Waals surface area contributed by atoms with Crippen LogP contribution in [0.5, 0.6) is 0 Å². The Balaban J connectivity index is 2.79. The topological polar surface area (TPSA) is 51.2 Å². The zero-order valence-electron chi connectivity index (χ0n) is 11.7. The second kappa shape index (κ2) is 6.52. The van der Waals surface area contributed by atoms with Crippen molar-refractivity contribution in [3.8, 4) is 0 Å². The number of rotatable bonds is 3. The number of hydrogen-bond donors (Lipinski definition) is 1.